The van der Waals surface area contributed by atoms with E-state index in [1.807, 2.05) is 44.4 Å². The standard InChI is InChI=1S/C25H25N3O4S/c1-17-11-18(2)13-22(12-17)28(10-4-9-26)24(29)15-32-25(30)20-5-7-23(8-6-20)31-14-21-16-33-19(3)27-21/h5-8,11-13,16H,4,10,14-15H2,1-3H3. The maximum Gasteiger partial charge on any atom is 0.338 e. The number of carbonyl (C=O) groups is 2. The molecule has 1 amide bonds. The van der Waals surface area contributed by atoms with E-state index in [2.05, 4.69) is 11.1 Å². The summed E-state index contributed by atoms with van der Waals surface area (Å²) in [5.74, 6) is -0.390. The fourth-order valence-corrected chi connectivity index (χ4v) is 3.87. The Labute approximate surface area is 197 Å². The molecule has 3 aromatic rings. The van der Waals surface area contributed by atoms with Crippen LogP contribution in [0.5, 0.6) is 5.75 Å². The van der Waals surface area contributed by atoms with Crippen LogP contribution >= 0.6 is 11.3 Å². The Morgan fingerprint density at radius 1 is 1.09 bits per heavy atom. The molecule has 0 atom stereocenters. The lowest BCUT2D eigenvalue weighted by Crippen LogP contribution is -2.35. The van der Waals surface area contributed by atoms with Crippen molar-refractivity contribution in [3.05, 3.63) is 75.2 Å². The molecule has 0 fully saturated rings. The number of ether oxygens (including phenoxy) is 2. The second-order valence-electron chi connectivity index (χ2n) is 7.55. The van der Waals surface area contributed by atoms with Crippen LogP contribution in [0.25, 0.3) is 0 Å². The van der Waals surface area contributed by atoms with Gasteiger partial charge in [0.2, 0.25) is 0 Å². The molecular weight excluding hydrogens is 438 g/mol. The summed E-state index contributed by atoms with van der Waals surface area (Å²) in [6.45, 7) is 5.96. The Hall–Kier alpha value is -3.70. The number of hydrogen-bond acceptors (Lipinski definition) is 7. The zero-order chi connectivity index (χ0) is 23.8. The molecule has 0 radical (unpaired) electrons. The van der Waals surface area contributed by atoms with Gasteiger partial charge < -0.3 is 14.4 Å². The Kier molecular flexibility index (Phi) is 8.17. The average molecular weight is 464 g/mol. The molecule has 8 heteroatoms. The number of nitrogens with zero attached hydrogens (tertiary/aromatic N) is 3. The number of hydrogen-bond donors (Lipinski definition) is 0. The van der Waals surface area contributed by atoms with E-state index >= 15 is 0 Å². The van der Waals surface area contributed by atoms with E-state index in [1.54, 1.807) is 35.6 Å². The number of benzene rings is 2. The second kappa shape index (κ2) is 11.2. The lowest BCUT2D eigenvalue weighted by Gasteiger charge is -2.22. The zero-order valence-electron chi connectivity index (χ0n) is 18.8. The summed E-state index contributed by atoms with van der Waals surface area (Å²) in [7, 11) is 0. The summed E-state index contributed by atoms with van der Waals surface area (Å²) in [6.07, 6.45) is 0.175. The van der Waals surface area contributed by atoms with Gasteiger partial charge in [0.1, 0.15) is 12.4 Å². The first-order valence-electron chi connectivity index (χ1n) is 10.4. The highest BCUT2D eigenvalue weighted by molar-refractivity contribution is 7.09. The Bertz CT molecular complexity index is 1140. The normalized spacial score (nSPS) is 10.4. The number of anilines is 1. The number of aromatic nitrogens is 1. The summed E-state index contributed by atoms with van der Waals surface area (Å²) in [4.78, 5) is 31.0. The van der Waals surface area contributed by atoms with E-state index in [-0.39, 0.29) is 18.9 Å². The average Bonchev–Trinajstić information content (AvgIpc) is 3.21. The van der Waals surface area contributed by atoms with E-state index in [4.69, 9.17) is 14.7 Å². The molecule has 1 heterocycles. The molecule has 170 valence electrons. The molecule has 0 unspecified atom stereocenters. The van der Waals surface area contributed by atoms with Gasteiger partial charge in [-0.05, 0) is 68.3 Å². The van der Waals surface area contributed by atoms with Gasteiger partial charge in [-0.25, -0.2) is 9.78 Å². The monoisotopic (exact) mass is 463 g/mol. The van der Waals surface area contributed by atoms with Gasteiger partial charge in [-0.2, -0.15) is 5.26 Å². The van der Waals surface area contributed by atoms with Crippen LogP contribution in [0.1, 0.15) is 38.6 Å². The maximum atomic E-state index is 12.8. The minimum absolute atomic E-state index is 0.175. The maximum absolute atomic E-state index is 12.8. The summed E-state index contributed by atoms with van der Waals surface area (Å²) >= 11 is 1.56. The third-order valence-electron chi connectivity index (χ3n) is 4.74. The first-order chi connectivity index (χ1) is 15.9. The van der Waals surface area contributed by atoms with Crippen molar-refractivity contribution in [3.8, 4) is 11.8 Å². The van der Waals surface area contributed by atoms with Gasteiger partial charge in [0, 0.05) is 17.6 Å². The van der Waals surface area contributed by atoms with Crippen molar-refractivity contribution in [1.82, 2.24) is 4.98 Å². The number of rotatable bonds is 9. The molecule has 0 spiro atoms. The van der Waals surface area contributed by atoms with E-state index in [0.29, 0.717) is 23.6 Å². The molecule has 0 aliphatic carbocycles. The van der Waals surface area contributed by atoms with Crippen molar-refractivity contribution in [2.24, 2.45) is 0 Å². The topological polar surface area (TPSA) is 92.5 Å². The highest BCUT2D eigenvalue weighted by atomic mass is 32.1. The molecule has 1 aromatic heterocycles. The predicted octanol–water partition coefficient (Wildman–Crippen LogP) is 4.75. The minimum Gasteiger partial charge on any atom is -0.487 e. The number of esters is 1. The van der Waals surface area contributed by atoms with Crippen molar-refractivity contribution in [1.29, 1.82) is 5.26 Å². The Balaban J connectivity index is 1.58. The highest BCUT2D eigenvalue weighted by Crippen LogP contribution is 2.20. The van der Waals surface area contributed by atoms with Crippen LogP contribution in [0.3, 0.4) is 0 Å². The van der Waals surface area contributed by atoms with E-state index < -0.39 is 12.6 Å². The summed E-state index contributed by atoms with van der Waals surface area (Å²) < 4.78 is 10.9. The van der Waals surface area contributed by atoms with Crippen LogP contribution in [0, 0.1) is 32.1 Å². The van der Waals surface area contributed by atoms with E-state index in [0.717, 1.165) is 21.8 Å². The van der Waals surface area contributed by atoms with Gasteiger partial charge in [-0.3, -0.25) is 4.79 Å². The summed E-state index contributed by atoms with van der Waals surface area (Å²) in [6, 6.07) is 14.3. The molecule has 0 saturated heterocycles. The predicted molar refractivity (Wildman–Crippen MR) is 126 cm³/mol. The van der Waals surface area contributed by atoms with Gasteiger partial charge in [-0.15, -0.1) is 11.3 Å². The van der Waals surface area contributed by atoms with Crippen molar-refractivity contribution >= 4 is 28.9 Å². The number of thiazole rings is 1. The van der Waals surface area contributed by atoms with Gasteiger partial charge in [-0.1, -0.05) is 6.07 Å². The minimum atomic E-state index is -0.606. The number of amides is 1. The molecule has 0 aliphatic rings. The lowest BCUT2D eigenvalue weighted by atomic mass is 10.1. The number of aryl methyl sites for hydroxylation is 3. The number of nitriles is 1. The Morgan fingerprint density at radius 2 is 1.79 bits per heavy atom. The van der Waals surface area contributed by atoms with Gasteiger partial charge in [0.25, 0.3) is 5.91 Å². The van der Waals surface area contributed by atoms with Crippen LogP contribution < -0.4 is 9.64 Å². The van der Waals surface area contributed by atoms with Gasteiger partial charge in [0.15, 0.2) is 6.61 Å². The van der Waals surface area contributed by atoms with E-state index in [1.165, 1.54) is 4.90 Å². The molecule has 0 bridgehead atoms. The van der Waals surface area contributed by atoms with Crippen LogP contribution in [0.15, 0.2) is 47.8 Å². The van der Waals surface area contributed by atoms with Crippen molar-refractivity contribution in [3.63, 3.8) is 0 Å². The van der Waals surface area contributed by atoms with Crippen LogP contribution in [0.2, 0.25) is 0 Å². The molecule has 0 saturated carbocycles. The summed E-state index contributed by atoms with van der Waals surface area (Å²) in [5.41, 5.74) is 3.85. The molecule has 0 N–H and O–H groups in total. The van der Waals surface area contributed by atoms with E-state index in [9.17, 15) is 9.59 Å². The molecule has 3 rings (SSSR count). The van der Waals surface area contributed by atoms with Gasteiger partial charge in [0.05, 0.1) is 28.8 Å². The smallest absolute Gasteiger partial charge is 0.338 e. The highest BCUT2D eigenvalue weighted by Gasteiger charge is 2.19. The van der Waals surface area contributed by atoms with Crippen LogP contribution in [-0.2, 0) is 16.1 Å². The molecule has 2 aromatic carbocycles. The second-order valence-corrected chi connectivity index (χ2v) is 8.61. The van der Waals surface area contributed by atoms with Gasteiger partial charge >= 0.3 is 5.97 Å². The van der Waals surface area contributed by atoms with Crippen molar-refractivity contribution < 1.29 is 19.1 Å². The fraction of sp³-hybridized carbons (Fsp3) is 0.280. The first kappa shape index (κ1) is 24.0. The van der Waals surface area contributed by atoms with Crippen molar-refractivity contribution in [2.45, 2.75) is 33.8 Å². The van der Waals surface area contributed by atoms with Crippen LogP contribution in [0.4, 0.5) is 5.69 Å². The molecule has 0 aliphatic heterocycles. The third kappa shape index (κ3) is 6.89. The first-order valence-corrected chi connectivity index (χ1v) is 11.3. The quantitative estimate of drug-likeness (QED) is 0.425. The Morgan fingerprint density at radius 3 is 2.39 bits per heavy atom. The largest absolute Gasteiger partial charge is 0.487 e. The van der Waals surface area contributed by atoms with Crippen molar-refractivity contribution in [2.75, 3.05) is 18.1 Å². The lowest BCUT2D eigenvalue weighted by molar-refractivity contribution is -0.121. The van der Waals surface area contributed by atoms with Crippen LogP contribution in [-0.4, -0.2) is 30.0 Å². The molecular formula is C25H25N3O4S. The zero-order valence-corrected chi connectivity index (χ0v) is 19.6. The molecule has 7 nitrogen and oxygen atoms in total. The molecule has 33 heavy (non-hydrogen) atoms. The number of carbonyl (C=O) groups excluding carboxylic acids is 2. The summed E-state index contributed by atoms with van der Waals surface area (Å²) in [5, 5.41) is 11.9. The third-order valence-corrected chi connectivity index (χ3v) is 5.56. The fourth-order valence-electron chi connectivity index (χ4n) is 3.27. The SMILES string of the molecule is Cc1cc(C)cc(N(CCC#N)C(=O)COC(=O)c2ccc(OCc3csc(C)n3)cc2)c1.